The molecule has 1 fully saturated rings. The number of likely N-dealkylation sites (tertiary alicyclic amines) is 1. The van der Waals surface area contributed by atoms with Gasteiger partial charge in [0.1, 0.15) is 17.6 Å². The highest BCUT2D eigenvalue weighted by Gasteiger charge is 2.46. The van der Waals surface area contributed by atoms with E-state index in [1.807, 2.05) is 23.6 Å². The number of hydrogen-bond donors (Lipinski definition) is 1. The van der Waals surface area contributed by atoms with Crippen LogP contribution in [0.2, 0.25) is 0 Å². The second kappa shape index (κ2) is 6.65. The number of ketones is 1. The Labute approximate surface area is 153 Å². The van der Waals surface area contributed by atoms with Gasteiger partial charge in [-0.2, -0.15) is 0 Å². The van der Waals surface area contributed by atoms with Crippen LogP contribution in [-0.4, -0.2) is 21.7 Å². The average molecular weight is 365 g/mol. The lowest BCUT2D eigenvalue weighted by molar-refractivity contribution is -0.140. The van der Waals surface area contributed by atoms with Crippen LogP contribution < -0.4 is 0 Å². The van der Waals surface area contributed by atoms with Gasteiger partial charge in [0.15, 0.2) is 0 Å². The smallest absolute Gasteiger partial charge is 0.296 e. The molecule has 0 bridgehead atoms. The van der Waals surface area contributed by atoms with E-state index < -0.39 is 17.7 Å². The van der Waals surface area contributed by atoms with Crippen LogP contribution in [0, 0.1) is 0 Å². The van der Waals surface area contributed by atoms with Gasteiger partial charge in [-0.05, 0) is 23.6 Å². The zero-order chi connectivity index (χ0) is 18.1. The number of benzene rings is 1. The predicted octanol–water partition coefficient (Wildman–Crippen LogP) is 3.96. The summed E-state index contributed by atoms with van der Waals surface area (Å²) in [4.78, 5) is 27.7. The summed E-state index contributed by atoms with van der Waals surface area (Å²) in [6.45, 7) is 0.158. The molecular formula is C20H15NO4S. The fraction of sp³-hybridized carbons (Fsp3) is 0.100. The third kappa shape index (κ3) is 2.74. The lowest BCUT2D eigenvalue weighted by atomic mass is 10.00. The molecule has 1 atom stereocenters. The van der Waals surface area contributed by atoms with Crippen molar-refractivity contribution < 1.29 is 19.1 Å². The number of aliphatic hydroxyl groups excluding tert-OH is 1. The Bertz CT molecular complexity index is 959. The minimum absolute atomic E-state index is 0.107. The van der Waals surface area contributed by atoms with Crippen LogP contribution in [0.1, 0.15) is 22.2 Å². The van der Waals surface area contributed by atoms with E-state index in [4.69, 9.17) is 4.42 Å². The van der Waals surface area contributed by atoms with E-state index in [-0.39, 0.29) is 17.9 Å². The summed E-state index contributed by atoms with van der Waals surface area (Å²) in [6, 6.07) is 15.3. The molecular weight excluding hydrogens is 350 g/mol. The number of furan rings is 1. The number of Topliss-reactive ketones (excluding diaryl/α,β-unsaturated/α-hetero) is 1. The third-order valence-corrected chi connectivity index (χ3v) is 5.23. The third-order valence-electron chi connectivity index (χ3n) is 4.31. The van der Waals surface area contributed by atoms with Crippen LogP contribution in [0.5, 0.6) is 0 Å². The number of amides is 1. The van der Waals surface area contributed by atoms with Crippen LogP contribution in [0.3, 0.4) is 0 Å². The van der Waals surface area contributed by atoms with Crippen LogP contribution in [-0.2, 0) is 16.1 Å². The van der Waals surface area contributed by atoms with E-state index in [1.54, 1.807) is 36.4 Å². The normalized spacial score (nSPS) is 19.2. The van der Waals surface area contributed by atoms with Crippen LogP contribution in [0.25, 0.3) is 5.76 Å². The fourth-order valence-corrected chi connectivity index (χ4v) is 3.95. The summed E-state index contributed by atoms with van der Waals surface area (Å²) < 4.78 is 5.34. The van der Waals surface area contributed by atoms with Gasteiger partial charge in [-0.1, -0.05) is 36.4 Å². The second-order valence-electron chi connectivity index (χ2n) is 5.89. The molecule has 1 saturated heterocycles. The van der Waals surface area contributed by atoms with E-state index in [9.17, 15) is 14.7 Å². The first-order chi connectivity index (χ1) is 12.7. The minimum atomic E-state index is -0.684. The number of thiophene rings is 1. The predicted molar refractivity (Wildman–Crippen MR) is 97.3 cm³/mol. The number of rotatable bonds is 4. The Morgan fingerprint density at radius 1 is 1.08 bits per heavy atom. The number of carbonyl (C=O) groups is 2. The first-order valence-corrected chi connectivity index (χ1v) is 8.94. The number of aliphatic hydroxyl groups is 1. The molecule has 3 aromatic rings. The van der Waals surface area contributed by atoms with Gasteiger partial charge in [-0.25, -0.2) is 0 Å². The van der Waals surface area contributed by atoms with Crippen LogP contribution in [0.4, 0.5) is 0 Å². The van der Waals surface area contributed by atoms with E-state index in [2.05, 4.69) is 0 Å². The highest BCUT2D eigenvalue weighted by molar-refractivity contribution is 7.10. The standard InChI is InChI=1S/C20H15NO4S/c22-18(13-6-2-1-3-7-13)16-17(15-9-5-11-26-15)21(20(24)19(16)23)12-14-8-4-10-25-14/h1-11,17,22H,12H2. The molecule has 1 aliphatic heterocycles. The van der Waals surface area contributed by atoms with Crippen molar-refractivity contribution >= 4 is 28.8 Å². The summed E-state index contributed by atoms with van der Waals surface area (Å²) in [5, 5.41) is 12.7. The van der Waals surface area contributed by atoms with Crippen molar-refractivity contribution in [2.24, 2.45) is 0 Å². The largest absolute Gasteiger partial charge is 0.507 e. The molecule has 5 nitrogen and oxygen atoms in total. The Kier molecular flexibility index (Phi) is 4.18. The molecule has 1 N–H and O–H groups in total. The zero-order valence-electron chi connectivity index (χ0n) is 13.7. The molecule has 26 heavy (non-hydrogen) atoms. The Balaban J connectivity index is 1.84. The van der Waals surface area contributed by atoms with Gasteiger partial charge in [-0.3, -0.25) is 9.59 Å². The molecule has 6 heteroatoms. The van der Waals surface area contributed by atoms with Crippen molar-refractivity contribution in [3.63, 3.8) is 0 Å². The summed E-state index contributed by atoms with van der Waals surface area (Å²) in [5.41, 5.74) is 0.611. The van der Waals surface area contributed by atoms with Crippen molar-refractivity contribution in [3.8, 4) is 0 Å². The molecule has 3 heterocycles. The Hall–Kier alpha value is -3.12. The summed E-state index contributed by atoms with van der Waals surface area (Å²) in [7, 11) is 0. The molecule has 0 saturated carbocycles. The van der Waals surface area contributed by atoms with E-state index in [0.717, 1.165) is 4.88 Å². The first-order valence-electron chi connectivity index (χ1n) is 8.06. The molecule has 0 aliphatic carbocycles. The maximum atomic E-state index is 12.7. The molecule has 2 aromatic heterocycles. The van der Waals surface area contributed by atoms with Gasteiger partial charge in [0, 0.05) is 10.4 Å². The molecule has 4 rings (SSSR count). The Morgan fingerprint density at radius 2 is 1.88 bits per heavy atom. The molecule has 0 radical (unpaired) electrons. The van der Waals surface area contributed by atoms with E-state index in [1.165, 1.54) is 22.5 Å². The van der Waals surface area contributed by atoms with Crippen LogP contribution >= 0.6 is 11.3 Å². The highest BCUT2D eigenvalue weighted by Crippen LogP contribution is 2.41. The fourth-order valence-electron chi connectivity index (χ4n) is 3.11. The van der Waals surface area contributed by atoms with Crippen molar-refractivity contribution in [1.29, 1.82) is 0 Å². The highest BCUT2D eigenvalue weighted by atomic mass is 32.1. The van der Waals surface area contributed by atoms with Gasteiger partial charge in [-0.15, -0.1) is 11.3 Å². The molecule has 1 amide bonds. The molecule has 0 spiro atoms. The van der Waals surface area contributed by atoms with Gasteiger partial charge in [0.05, 0.1) is 18.4 Å². The molecule has 130 valence electrons. The van der Waals surface area contributed by atoms with Crippen molar-refractivity contribution in [3.05, 3.63) is 88.0 Å². The first kappa shape index (κ1) is 16.4. The van der Waals surface area contributed by atoms with E-state index >= 15 is 0 Å². The van der Waals surface area contributed by atoms with Gasteiger partial charge >= 0.3 is 0 Å². The molecule has 1 aromatic carbocycles. The SMILES string of the molecule is O=C1C(=O)N(Cc2ccco2)C(c2cccs2)C1=C(O)c1ccccc1. The summed E-state index contributed by atoms with van der Waals surface area (Å²) in [5.74, 6) is -0.911. The lowest BCUT2D eigenvalue weighted by Crippen LogP contribution is -2.28. The maximum absolute atomic E-state index is 12.7. The van der Waals surface area contributed by atoms with Crippen LogP contribution in [0.15, 0.2) is 76.2 Å². The van der Waals surface area contributed by atoms with Gasteiger partial charge in [0.2, 0.25) is 0 Å². The number of carbonyl (C=O) groups excluding carboxylic acids is 2. The quantitative estimate of drug-likeness (QED) is 0.432. The number of nitrogens with zero attached hydrogens (tertiary/aromatic N) is 1. The second-order valence-corrected chi connectivity index (χ2v) is 6.87. The summed E-state index contributed by atoms with van der Waals surface area (Å²) in [6.07, 6.45) is 1.52. The zero-order valence-corrected chi connectivity index (χ0v) is 14.5. The minimum Gasteiger partial charge on any atom is -0.507 e. The average Bonchev–Trinajstić information content (AvgIpc) is 3.41. The molecule has 1 unspecified atom stereocenters. The lowest BCUT2D eigenvalue weighted by Gasteiger charge is -2.23. The van der Waals surface area contributed by atoms with Crippen molar-refractivity contribution in [2.75, 3.05) is 0 Å². The van der Waals surface area contributed by atoms with Gasteiger partial charge in [0.25, 0.3) is 11.7 Å². The number of hydrogen-bond acceptors (Lipinski definition) is 5. The van der Waals surface area contributed by atoms with Gasteiger partial charge < -0.3 is 14.4 Å². The van der Waals surface area contributed by atoms with Crippen molar-refractivity contribution in [1.82, 2.24) is 4.90 Å². The van der Waals surface area contributed by atoms with Crippen molar-refractivity contribution in [2.45, 2.75) is 12.6 Å². The molecule has 1 aliphatic rings. The topological polar surface area (TPSA) is 70.8 Å². The summed E-state index contributed by atoms with van der Waals surface area (Å²) >= 11 is 1.43. The maximum Gasteiger partial charge on any atom is 0.296 e. The van der Waals surface area contributed by atoms with E-state index in [0.29, 0.717) is 11.3 Å². The monoisotopic (exact) mass is 365 g/mol. The Morgan fingerprint density at radius 3 is 2.54 bits per heavy atom.